The second-order valence-electron chi connectivity index (χ2n) is 7.00. The molecule has 24 heavy (non-hydrogen) atoms. The van der Waals surface area contributed by atoms with Gasteiger partial charge in [-0.3, -0.25) is 4.79 Å². The molecule has 1 amide bonds. The van der Waals surface area contributed by atoms with Gasteiger partial charge >= 0.3 is 0 Å². The normalized spacial score (nSPS) is 27.5. The van der Waals surface area contributed by atoms with Crippen LogP contribution in [0.1, 0.15) is 50.0 Å². The Bertz CT molecular complexity index is 736. The van der Waals surface area contributed by atoms with Crippen LogP contribution in [0.5, 0.6) is 0 Å². The molecule has 5 heteroatoms. The van der Waals surface area contributed by atoms with Crippen molar-refractivity contribution in [3.05, 3.63) is 35.0 Å². The average Bonchev–Trinajstić information content (AvgIpc) is 3.24. The van der Waals surface area contributed by atoms with E-state index in [0.717, 1.165) is 49.1 Å². The lowest BCUT2D eigenvalue weighted by Gasteiger charge is -2.30. The lowest BCUT2D eigenvalue weighted by atomic mass is 9.81. The Morgan fingerprint density at radius 2 is 2.17 bits per heavy atom. The number of carbonyl (C=O) groups excluding carboxylic acids is 1. The predicted octanol–water partition coefficient (Wildman–Crippen LogP) is 4.14. The number of nitrogens with one attached hydrogen (secondary N) is 2. The maximum atomic E-state index is 12.3. The number of rotatable bonds is 3. The Labute approximate surface area is 146 Å². The molecule has 2 fully saturated rings. The minimum absolute atomic E-state index is 0.0696. The number of hydrogen-bond acceptors (Lipinski definition) is 2. The van der Waals surface area contributed by atoms with E-state index in [-0.39, 0.29) is 18.1 Å². The van der Waals surface area contributed by atoms with Gasteiger partial charge in [-0.15, -0.1) is 0 Å². The SMILES string of the molecule is O=C(N[C@H]1CCC[C@H](c2c[nH]c3ccc(Cl)cc23)C1)[C@@H]1CCCO1. The molecule has 2 N–H and O–H groups in total. The van der Waals surface area contributed by atoms with Crippen LogP contribution in [0.3, 0.4) is 0 Å². The summed E-state index contributed by atoms with van der Waals surface area (Å²) < 4.78 is 5.49. The number of ether oxygens (including phenoxy) is 1. The molecule has 0 spiro atoms. The van der Waals surface area contributed by atoms with Crippen LogP contribution in [0, 0.1) is 0 Å². The van der Waals surface area contributed by atoms with Crippen LogP contribution >= 0.6 is 11.6 Å². The molecule has 1 saturated carbocycles. The summed E-state index contributed by atoms with van der Waals surface area (Å²) in [7, 11) is 0. The highest BCUT2D eigenvalue weighted by Crippen LogP contribution is 2.37. The molecule has 4 rings (SSSR count). The molecule has 1 saturated heterocycles. The second-order valence-corrected chi connectivity index (χ2v) is 7.44. The minimum atomic E-state index is -0.239. The minimum Gasteiger partial charge on any atom is -0.368 e. The van der Waals surface area contributed by atoms with E-state index >= 15 is 0 Å². The van der Waals surface area contributed by atoms with Gasteiger partial charge in [-0.2, -0.15) is 0 Å². The molecule has 2 aliphatic rings. The van der Waals surface area contributed by atoms with E-state index < -0.39 is 0 Å². The Hall–Kier alpha value is -1.52. The zero-order valence-electron chi connectivity index (χ0n) is 13.7. The summed E-state index contributed by atoms with van der Waals surface area (Å²) in [5.74, 6) is 0.529. The fraction of sp³-hybridized carbons (Fsp3) is 0.526. The van der Waals surface area contributed by atoms with E-state index in [1.807, 2.05) is 18.2 Å². The zero-order valence-corrected chi connectivity index (χ0v) is 14.4. The lowest BCUT2D eigenvalue weighted by Crippen LogP contribution is -2.43. The predicted molar refractivity (Wildman–Crippen MR) is 95.4 cm³/mol. The number of amides is 1. The van der Waals surface area contributed by atoms with Gasteiger partial charge in [0.15, 0.2) is 0 Å². The fourth-order valence-electron chi connectivity index (χ4n) is 4.13. The molecule has 0 unspecified atom stereocenters. The van der Waals surface area contributed by atoms with Crippen LogP contribution in [-0.4, -0.2) is 29.6 Å². The third-order valence-corrected chi connectivity index (χ3v) is 5.59. The zero-order chi connectivity index (χ0) is 16.5. The van der Waals surface area contributed by atoms with E-state index in [0.29, 0.717) is 12.5 Å². The molecular formula is C19H23ClN2O2. The van der Waals surface area contributed by atoms with Crippen LogP contribution in [0.2, 0.25) is 5.02 Å². The molecule has 2 heterocycles. The van der Waals surface area contributed by atoms with Crippen LogP contribution in [-0.2, 0) is 9.53 Å². The molecular weight excluding hydrogens is 324 g/mol. The number of H-pyrrole nitrogens is 1. The van der Waals surface area contributed by atoms with Gasteiger partial charge in [0.25, 0.3) is 0 Å². The standard InChI is InChI=1S/C19H23ClN2O2/c20-13-6-7-17-15(10-13)16(11-21-17)12-3-1-4-14(9-12)22-19(23)18-5-2-8-24-18/h6-7,10-12,14,18,21H,1-5,8-9H2,(H,22,23)/t12-,14-,18-/m0/s1. The first-order valence-electron chi connectivity index (χ1n) is 8.89. The van der Waals surface area contributed by atoms with Crippen LogP contribution in [0.25, 0.3) is 10.9 Å². The topological polar surface area (TPSA) is 54.1 Å². The molecule has 128 valence electrons. The van der Waals surface area contributed by atoms with Crippen LogP contribution in [0.15, 0.2) is 24.4 Å². The van der Waals surface area contributed by atoms with Crippen molar-refractivity contribution in [3.8, 4) is 0 Å². The van der Waals surface area contributed by atoms with E-state index in [9.17, 15) is 4.79 Å². The van der Waals surface area contributed by atoms with Crippen molar-refractivity contribution in [3.63, 3.8) is 0 Å². The van der Waals surface area contributed by atoms with Gasteiger partial charge in [-0.05, 0) is 61.8 Å². The van der Waals surface area contributed by atoms with Crippen molar-refractivity contribution in [2.24, 2.45) is 0 Å². The summed E-state index contributed by atoms with van der Waals surface area (Å²) in [4.78, 5) is 15.7. The summed E-state index contributed by atoms with van der Waals surface area (Å²) in [5, 5.41) is 5.19. The van der Waals surface area contributed by atoms with Gasteiger partial charge in [0.1, 0.15) is 6.10 Å². The molecule has 1 aliphatic carbocycles. The number of benzene rings is 1. The van der Waals surface area contributed by atoms with Gasteiger partial charge in [0.2, 0.25) is 5.91 Å². The van der Waals surface area contributed by atoms with Crippen LogP contribution in [0.4, 0.5) is 0 Å². The highest BCUT2D eigenvalue weighted by atomic mass is 35.5. The smallest absolute Gasteiger partial charge is 0.249 e. The van der Waals surface area contributed by atoms with Crippen molar-refractivity contribution in [1.29, 1.82) is 0 Å². The van der Waals surface area contributed by atoms with Crippen molar-refractivity contribution in [2.75, 3.05) is 6.61 Å². The molecule has 3 atom stereocenters. The first-order chi connectivity index (χ1) is 11.7. The summed E-state index contributed by atoms with van der Waals surface area (Å²) in [5.41, 5.74) is 2.45. The maximum Gasteiger partial charge on any atom is 0.249 e. The molecule has 1 aromatic heterocycles. The highest BCUT2D eigenvalue weighted by Gasteiger charge is 2.29. The summed E-state index contributed by atoms with van der Waals surface area (Å²) >= 11 is 6.17. The molecule has 0 bridgehead atoms. The van der Waals surface area contributed by atoms with Gasteiger partial charge in [-0.1, -0.05) is 18.0 Å². The largest absolute Gasteiger partial charge is 0.368 e. The van der Waals surface area contributed by atoms with E-state index in [2.05, 4.69) is 16.5 Å². The highest BCUT2D eigenvalue weighted by molar-refractivity contribution is 6.31. The van der Waals surface area contributed by atoms with Crippen molar-refractivity contribution < 1.29 is 9.53 Å². The molecule has 2 aromatic rings. The monoisotopic (exact) mass is 346 g/mol. The second kappa shape index (κ2) is 6.77. The maximum absolute atomic E-state index is 12.3. The Balaban J connectivity index is 1.47. The summed E-state index contributed by atoms with van der Waals surface area (Å²) in [6.45, 7) is 0.710. The quantitative estimate of drug-likeness (QED) is 0.877. The summed E-state index contributed by atoms with van der Waals surface area (Å²) in [6.07, 6.45) is 8.04. The third kappa shape index (κ3) is 3.17. The van der Waals surface area contributed by atoms with Crippen LogP contribution < -0.4 is 5.32 Å². The van der Waals surface area contributed by atoms with Gasteiger partial charge in [0.05, 0.1) is 0 Å². The Kier molecular flexibility index (Phi) is 4.51. The number of aromatic nitrogens is 1. The number of aromatic amines is 1. The first-order valence-corrected chi connectivity index (χ1v) is 9.27. The van der Waals surface area contributed by atoms with Crippen molar-refractivity contribution in [1.82, 2.24) is 10.3 Å². The average molecular weight is 347 g/mol. The third-order valence-electron chi connectivity index (χ3n) is 5.36. The molecule has 4 nitrogen and oxygen atoms in total. The molecule has 0 radical (unpaired) electrons. The number of halogens is 1. The van der Waals surface area contributed by atoms with Gasteiger partial charge in [0, 0.05) is 34.8 Å². The number of carbonyl (C=O) groups is 1. The number of fused-ring (bicyclic) bond motifs is 1. The van der Waals surface area contributed by atoms with Gasteiger partial charge in [-0.25, -0.2) is 0 Å². The lowest BCUT2D eigenvalue weighted by molar-refractivity contribution is -0.131. The van der Waals surface area contributed by atoms with Gasteiger partial charge < -0.3 is 15.0 Å². The molecule has 1 aliphatic heterocycles. The summed E-state index contributed by atoms with van der Waals surface area (Å²) in [6, 6.07) is 6.22. The van der Waals surface area contributed by atoms with Crippen molar-refractivity contribution in [2.45, 2.75) is 56.6 Å². The first kappa shape index (κ1) is 16.0. The van der Waals surface area contributed by atoms with E-state index in [1.54, 1.807) is 0 Å². The van der Waals surface area contributed by atoms with E-state index in [1.165, 1.54) is 10.9 Å². The van der Waals surface area contributed by atoms with E-state index in [4.69, 9.17) is 16.3 Å². The fourth-order valence-corrected chi connectivity index (χ4v) is 4.31. The van der Waals surface area contributed by atoms with Crippen molar-refractivity contribution >= 4 is 28.4 Å². The Morgan fingerprint density at radius 1 is 1.25 bits per heavy atom. The molecule has 1 aromatic carbocycles. The number of hydrogen-bond donors (Lipinski definition) is 2. The Morgan fingerprint density at radius 3 is 3.00 bits per heavy atom.